The van der Waals surface area contributed by atoms with Gasteiger partial charge >= 0.3 is 0 Å². The van der Waals surface area contributed by atoms with E-state index in [4.69, 9.17) is 0 Å². The Kier molecular flexibility index (Phi) is 3.74. The molecule has 0 radical (unpaired) electrons. The second-order valence-corrected chi connectivity index (χ2v) is 5.34. The summed E-state index contributed by atoms with van der Waals surface area (Å²) in [5.74, 6) is 0.947. The van der Waals surface area contributed by atoms with Crippen LogP contribution in [0, 0.1) is 6.92 Å². The smallest absolute Gasteiger partial charge is 0.138 e. The first-order chi connectivity index (χ1) is 8.20. The lowest BCUT2D eigenvalue weighted by Gasteiger charge is -2.06. The minimum Gasteiger partial charge on any atom is -0.369 e. The largest absolute Gasteiger partial charge is 0.369 e. The molecule has 2 rings (SSSR count). The number of nitrogens with one attached hydrogen (secondary N) is 1. The van der Waals surface area contributed by atoms with Gasteiger partial charge < -0.3 is 5.32 Å². The van der Waals surface area contributed by atoms with Crippen LogP contribution in [0.2, 0.25) is 0 Å². The maximum atomic E-state index is 4.31. The Morgan fingerprint density at radius 2 is 2.29 bits per heavy atom. The van der Waals surface area contributed by atoms with Gasteiger partial charge in [-0.1, -0.05) is 11.6 Å². The van der Waals surface area contributed by atoms with Gasteiger partial charge in [0, 0.05) is 11.4 Å². The Hall–Kier alpha value is -1.42. The summed E-state index contributed by atoms with van der Waals surface area (Å²) in [6, 6.07) is 2.14. The summed E-state index contributed by atoms with van der Waals surface area (Å²) < 4.78 is 0. The first kappa shape index (κ1) is 12.0. The molecule has 0 spiro atoms. The summed E-state index contributed by atoms with van der Waals surface area (Å²) in [4.78, 5) is 10.9. The van der Waals surface area contributed by atoms with Crippen molar-refractivity contribution in [2.45, 2.75) is 27.2 Å². The van der Waals surface area contributed by atoms with E-state index < -0.39 is 0 Å². The van der Waals surface area contributed by atoms with Crippen LogP contribution in [0.1, 0.15) is 25.1 Å². The van der Waals surface area contributed by atoms with Crippen molar-refractivity contribution in [2.24, 2.45) is 0 Å². The van der Waals surface area contributed by atoms with Crippen LogP contribution in [0.3, 0.4) is 0 Å². The Labute approximate surface area is 106 Å². The highest BCUT2D eigenvalue weighted by atomic mass is 32.1. The van der Waals surface area contributed by atoms with Crippen molar-refractivity contribution >= 4 is 27.4 Å². The predicted molar refractivity (Wildman–Crippen MR) is 74.7 cm³/mol. The molecule has 0 bridgehead atoms. The van der Waals surface area contributed by atoms with Crippen molar-refractivity contribution in [2.75, 3.05) is 11.9 Å². The molecule has 0 aliphatic carbocycles. The Morgan fingerprint density at radius 1 is 1.47 bits per heavy atom. The van der Waals surface area contributed by atoms with Crippen molar-refractivity contribution in [1.29, 1.82) is 0 Å². The Bertz CT molecular complexity index is 543. The van der Waals surface area contributed by atoms with Crippen molar-refractivity contribution in [3.8, 4) is 0 Å². The average molecular weight is 247 g/mol. The zero-order chi connectivity index (χ0) is 12.3. The number of nitrogens with zero attached hydrogens (tertiary/aromatic N) is 2. The quantitative estimate of drug-likeness (QED) is 0.836. The third-order valence-electron chi connectivity index (χ3n) is 2.76. The number of hydrogen-bond acceptors (Lipinski definition) is 4. The normalized spacial score (nSPS) is 12.1. The van der Waals surface area contributed by atoms with Gasteiger partial charge in [-0.25, -0.2) is 9.97 Å². The van der Waals surface area contributed by atoms with Gasteiger partial charge in [-0.05, 0) is 33.3 Å². The van der Waals surface area contributed by atoms with Crippen LogP contribution in [-0.4, -0.2) is 16.5 Å². The highest BCUT2D eigenvalue weighted by molar-refractivity contribution is 7.18. The van der Waals surface area contributed by atoms with Gasteiger partial charge in [-0.15, -0.1) is 11.3 Å². The van der Waals surface area contributed by atoms with Gasteiger partial charge in [0.25, 0.3) is 0 Å². The lowest BCUT2D eigenvalue weighted by Crippen LogP contribution is -2.04. The van der Waals surface area contributed by atoms with E-state index in [-0.39, 0.29) is 0 Å². The van der Waals surface area contributed by atoms with Crippen LogP contribution < -0.4 is 5.32 Å². The number of hydrogen-bond donors (Lipinski definition) is 1. The fourth-order valence-corrected chi connectivity index (χ4v) is 2.49. The molecule has 0 saturated carbocycles. The fraction of sp³-hybridized carbons (Fsp3) is 0.385. The molecule has 0 saturated heterocycles. The first-order valence-electron chi connectivity index (χ1n) is 5.77. The average Bonchev–Trinajstić information content (AvgIpc) is 2.70. The summed E-state index contributed by atoms with van der Waals surface area (Å²) in [7, 11) is 0. The number of aryl methyl sites for hydroxylation is 1. The summed E-state index contributed by atoms with van der Waals surface area (Å²) in [6.45, 7) is 7.23. The molecule has 0 aliphatic heterocycles. The Morgan fingerprint density at radius 3 is 3.06 bits per heavy atom. The molecule has 4 heteroatoms. The highest BCUT2D eigenvalue weighted by Crippen LogP contribution is 2.27. The number of anilines is 1. The molecule has 17 heavy (non-hydrogen) atoms. The van der Waals surface area contributed by atoms with E-state index >= 15 is 0 Å². The second kappa shape index (κ2) is 5.27. The maximum absolute atomic E-state index is 4.31. The van der Waals surface area contributed by atoms with E-state index in [1.54, 1.807) is 17.7 Å². The standard InChI is InChI=1S/C13H17N3S/c1-4-9(2)5-6-14-12-11-7-10(3)17-13(11)16-8-15-12/h4,7-8H,5-6H2,1-3H3,(H,14,15,16)/b9-4+. The molecular weight excluding hydrogens is 230 g/mol. The SMILES string of the molecule is C/C=C(\C)CCNc1ncnc2sc(C)cc12. The van der Waals surface area contributed by atoms with Gasteiger partial charge in [-0.2, -0.15) is 0 Å². The molecule has 90 valence electrons. The number of rotatable bonds is 4. The van der Waals surface area contributed by atoms with Crippen LogP contribution in [-0.2, 0) is 0 Å². The van der Waals surface area contributed by atoms with Crippen molar-refractivity contribution < 1.29 is 0 Å². The number of fused-ring (bicyclic) bond motifs is 1. The highest BCUT2D eigenvalue weighted by Gasteiger charge is 2.05. The summed E-state index contributed by atoms with van der Waals surface area (Å²) in [5.41, 5.74) is 1.39. The minimum atomic E-state index is 0.914. The third kappa shape index (κ3) is 2.82. The summed E-state index contributed by atoms with van der Waals surface area (Å²) in [5, 5.41) is 4.51. The van der Waals surface area contributed by atoms with Crippen molar-refractivity contribution in [3.63, 3.8) is 0 Å². The van der Waals surface area contributed by atoms with Gasteiger partial charge in [0.15, 0.2) is 0 Å². The number of allylic oxidation sites excluding steroid dienone is 1. The molecule has 2 aromatic rings. The molecule has 0 aliphatic rings. The van der Waals surface area contributed by atoms with Crippen molar-refractivity contribution in [1.82, 2.24) is 9.97 Å². The first-order valence-corrected chi connectivity index (χ1v) is 6.59. The fourth-order valence-electron chi connectivity index (χ4n) is 1.64. The molecule has 0 aromatic carbocycles. The van der Waals surface area contributed by atoms with E-state index in [2.05, 4.69) is 48.2 Å². The van der Waals surface area contributed by atoms with E-state index in [1.807, 2.05) is 0 Å². The van der Waals surface area contributed by atoms with Crippen LogP contribution in [0.15, 0.2) is 24.0 Å². The van der Waals surface area contributed by atoms with E-state index in [1.165, 1.54) is 10.5 Å². The molecule has 2 heterocycles. The molecule has 0 amide bonds. The zero-order valence-corrected chi connectivity index (χ0v) is 11.3. The molecule has 1 N–H and O–H groups in total. The van der Waals surface area contributed by atoms with Crippen LogP contribution in [0.5, 0.6) is 0 Å². The molecular formula is C13H17N3S. The second-order valence-electron chi connectivity index (χ2n) is 4.11. The third-order valence-corrected chi connectivity index (χ3v) is 3.72. The lowest BCUT2D eigenvalue weighted by atomic mass is 10.2. The number of aromatic nitrogens is 2. The van der Waals surface area contributed by atoms with Gasteiger partial charge in [0.05, 0.1) is 5.39 Å². The molecule has 2 aromatic heterocycles. The molecule has 0 unspecified atom stereocenters. The predicted octanol–water partition coefficient (Wildman–Crippen LogP) is 3.77. The zero-order valence-electron chi connectivity index (χ0n) is 10.4. The van der Waals surface area contributed by atoms with Gasteiger partial charge in [0.1, 0.15) is 17.0 Å². The Balaban J connectivity index is 2.13. The molecule has 0 atom stereocenters. The lowest BCUT2D eigenvalue weighted by molar-refractivity contribution is 0.983. The molecule has 0 fully saturated rings. The number of thiophene rings is 1. The van der Waals surface area contributed by atoms with E-state index in [0.717, 1.165) is 29.0 Å². The topological polar surface area (TPSA) is 37.8 Å². The summed E-state index contributed by atoms with van der Waals surface area (Å²) in [6.07, 6.45) is 4.82. The van der Waals surface area contributed by atoms with Gasteiger partial charge in [0.2, 0.25) is 0 Å². The van der Waals surface area contributed by atoms with E-state index in [0.29, 0.717) is 0 Å². The maximum Gasteiger partial charge on any atom is 0.138 e. The van der Waals surface area contributed by atoms with Gasteiger partial charge in [-0.3, -0.25) is 0 Å². The van der Waals surface area contributed by atoms with Crippen LogP contribution >= 0.6 is 11.3 Å². The molecule has 3 nitrogen and oxygen atoms in total. The van der Waals surface area contributed by atoms with Crippen LogP contribution in [0.25, 0.3) is 10.2 Å². The summed E-state index contributed by atoms with van der Waals surface area (Å²) >= 11 is 1.71. The van der Waals surface area contributed by atoms with Crippen molar-refractivity contribution in [3.05, 3.63) is 28.9 Å². The minimum absolute atomic E-state index is 0.914. The van der Waals surface area contributed by atoms with Crippen LogP contribution in [0.4, 0.5) is 5.82 Å². The monoisotopic (exact) mass is 247 g/mol. The van der Waals surface area contributed by atoms with E-state index in [9.17, 15) is 0 Å².